The van der Waals surface area contributed by atoms with Crippen LogP contribution >= 0.6 is 0 Å². The number of carboxylic acid groups (broad SMARTS) is 1. The van der Waals surface area contributed by atoms with E-state index in [0.717, 1.165) is 38.5 Å². The fourth-order valence-electron chi connectivity index (χ4n) is 7.58. The van der Waals surface area contributed by atoms with E-state index in [2.05, 4.69) is 27.7 Å². The predicted octanol–water partition coefficient (Wildman–Crippen LogP) is 17.7. The van der Waals surface area contributed by atoms with Crippen molar-refractivity contribution in [2.75, 3.05) is 6.61 Å². The molecule has 0 fully saturated rings. The molecule has 0 rings (SSSR count). The lowest BCUT2D eigenvalue weighted by molar-refractivity contribution is -0.144. The second-order valence-electron chi connectivity index (χ2n) is 17.0. The van der Waals surface area contributed by atoms with Crippen LogP contribution in [-0.4, -0.2) is 23.7 Å². The summed E-state index contributed by atoms with van der Waals surface area (Å²) in [5.41, 5.74) is 0. The van der Waals surface area contributed by atoms with Gasteiger partial charge in [-0.05, 0) is 25.7 Å². The van der Waals surface area contributed by atoms with E-state index < -0.39 is 5.97 Å². The number of rotatable bonds is 44. The Kier molecular flexibility index (Phi) is 50.9. The van der Waals surface area contributed by atoms with Gasteiger partial charge in [-0.1, -0.05) is 265 Å². The van der Waals surface area contributed by atoms with Crippen LogP contribution in [0.4, 0.5) is 0 Å². The highest BCUT2D eigenvalue weighted by atomic mass is 16.5. The van der Waals surface area contributed by atoms with Gasteiger partial charge in [-0.3, -0.25) is 9.59 Å². The Morgan fingerprint density at radius 2 is 0.593 bits per heavy atom. The third kappa shape index (κ3) is 49.0. The van der Waals surface area contributed by atoms with Gasteiger partial charge in [0, 0.05) is 6.42 Å². The molecule has 0 aromatic heterocycles. The number of carboxylic acids is 1. The molecule has 0 aliphatic heterocycles. The van der Waals surface area contributed by atoms with E-state index >= 15 is 0 Å². The molecule has 0 saturated heterocycles. The lowest BCUT2D eigenvalue weighted by atomic mass is 9.94. The molecule has 1 N–H and O–H groups in total. The van der Waals surface area contributed by atoms with Gasteiger partial charge < -0.3 is 9.84 Å². The zero-order chi connectivity index (χ0) is 39.8. The molecule has 0 spiro atoms. The highest BCUT2D eigenvalue weighted by Crippen LogP contribution is 2.20. The molecule has 0 heterocycles. The Labute approximate surface area is 340 Å². The molecule has 1 atom stereocenters. The molecule has 0 amide bonds. The Morgan fingerprint density at radius 1 is 0.352 bits per heavy atom. The molecule has 0 bridgehead atoms. The van der Waals surface area contributed by atoms with Crippen LogP contribution in [0.1, 0.15) is 297 Å². The van der Waals surface area contributed by atoms with E-state index in [1.165, 1.54) is 225 Å². The number of esters is 1. The number of ether oxygens (including phenoxy) is 1. The highest BCUT2D eigenvalue weighted by molar-refractivity contribution is 5.70. The monoisotopic (exact) mass is 765 g/mol. The molecular weight excluding hydrogens is 665 g/mol. The van der Waals surface area contributed by atoms with Gasteiger partial charge in [-0.25, -0.2) is 0 Å². The molecule has 0 saturated carbocycles. The summed E-state index contributed by atoms with van der Waals surface area (Å²) >= 11 is 0. The first kappa shape index (κ1) is 55.0. The molecule has 0 aromatic carbocycles. The second kappa shape index (κ2) is 50.0. The van der Waals surface area contributed by atoms with Gasteiger partial charge in [0.25, 0.3) is 0 Å². The van der Waals surface area contributed by atoms with Crippen LogP contribution in [0.25, 0.3) is 0 Å². The summed E-state index contributed by atoms with van der Waals surface area (Å²) in [5.74, 6) is -0.650. The lowest BCUT2D eigenvalue weighted by Crippen LogP contribution is -2.13. The predicted molar refractivity (Wildman–Crippen MR) is 239 cm³/mol. The molecule has 324 valence electrons. The lowest BCUT2D eigenvalue weighted by Gasteiger charge is -2.12. The maximum absolute atomic E-state index is 11.6. The summed E-state index contributed by atoms with van der Waals surface area (Å²) in [6.07, 6.45) is 53.9. The minimum Gasteiger partial charge on any atom is -0.481 e. The summed E-state index contributed by atoms with van der Waals surface area (Å²) in [4.78, 5) is 23.0. The van der Waals surface area contributed by atoms with E-state index in [-0.39, 0.29) is 11.9 Å². The van der Waals surface area contributed by atoms with Gasteiger partial charge >= 0.3 is 11.9 Å². The van der Waals surface area contributed by atoms with Gasteiger partial charge in [0.15, 0.2) is 0 Å². The van der Waals surface area contributed by atoms with Gasteiger partial charge in [0.05, 0.1) is 12.5 Å². The van der Waals surface area contributed by atoms with E-state index in [4.69, 9.17) is 4.74 Å². The summed E-state index contributed by atoms with van der Waals surface area (Å²) < 4.78 is 5.32. The Balaban J connectivity index is 0. The summed E-state index contributed by atoms with van der Waals surface area (Å²) in [5, 5.41) is 9.42. The number of unbranched alkanes of at least 4 members (excludes halogenated alkanes) is 35. The topological polar surface area (TPSA) is 63.6 Å². The Bertz CT molecular complexity index is 707. The average Bonchev–Trinajstić information content (AvgIpc) is 3.17. The maximum atomic E-state index is 11.6. The van der Waals surface area contributed by atoms with Crippen molar-refractivity contribution in [1.29, 1.82) is 0 Å². The van der Waals surface area contributed by atoms with Crippen molar-refractivity contribution in [1.82, 2.24) is 0 Å². The van der Waals surface area contributed by atoms with Crippen LogP contribution in [0.15, 0.2) is 0 Å². The Morgan fingerprint density at radius 3 is 0.870 bits per heavy atom. The van der Waals surface area contributed by atoms with E-state index in [1.54, 1.807) is 0 Å². The van der Waals surface area contributed by atoms with Gasteiger partial charge in [-0.15, -0.1) is 0 Å². The van der Waals surface area contributed by atoms with Crippen molar-refractivity contribution in [3.63, 3.8) is 0 Å². The van der Waals surface area contributed by atoms with Crippen LogP contribution < -0.4 is 0 Å². The summed E-state index contributed by atoms with van der Waals surface area (Å²) in [6.45, 7) is 9.64. The van der Waals surface area contributed by atoms with Crippen LogP contribution in [0, 0.1) is 5.92 Å². The average molecular weight is 765 g/mol. The van der Waals surface area contributed by atoms with Crippen molar-refractivity contribution >= 4 is 11.9 Å². The molecule has 1 unspecified atom stereocenters. The molecular formula is C50H100O4. The van der Waals surface area contributed by atoms with E-state index in [1.807, 2.05) is 0 Å². The van der Waals surface area contributed by atoms with Crippen LogP contribution in [-0.2, 0) is 14.3 Å². The number of hydrogen-bond donors (Lipinski definition) is 1. The van der Waals surface area contributed by atoms with Crippen molar-refractivity contribution in [2.24, 2.45) is 5.92 Å². The van der Waals surface area contributed by atoms with E-state index in [0.29, 0.717) is 13.0 Å². The summed E-state index contributed by atoms with van der Waals surface area (Å²) in [6, 6.07) is 0. The maximum Gasteiger partial charge on any atom is 0.306 e. The minimum atomic E-state index is -0.566. The third-order valence-corrected chi connectivity index (χ3v) is 11.4. The number of aliphatic carboxylic acids is 1. The largest absolute Gasteiger partial charge is 0.481 e. The first-order chi connectivity index (χ1) is 26.5. The molecule has 54 heavy (non-hydrogen) atoms. The fraction of sp³-hybridized carbons (Fsp3) is 0.960. The SMILES string of the molecule is CCCCCCCCCCCCCCCCC(CCCCCCCC)C(=O)O.CCCCCCCCCCCCCCCCOC(=O)CCCCCCC. The van der Waals surface area contributed by atoms with Gasteiger partial charge in [0.1, 0.15) is 0 Å². The Hall–Kier alpha value is -1.06. The number of hydrogen-bond acceptors (Lipinski definition) is 3. The van der Waals surface area contributed by atoms with Crippen molar-refractivity contribution in [3.05, 3.63) is 0 Å². The minimum absolute atomic E-state index is 0.0104. The second-order valence-corrected chi connectivity index (χ2v) is 17.0. The zero-order valence-electron chi connectivity index (χ0n) is 37.7. The quantitative estimate of drug-likeness (QED) is 0.0496. The smallest absolute Gasteiger partial charge is 0.306 e. The molecule has 4 nitrogen and oxygen atoms in total. The fourth-order valence-corrected chi connectivity index (χ4v) is 7.58. The molecule has 0 aliphatic carbocycles. The standard InChI is InChI=1S/C26H52O2.C24H48O2/c1-3-5-7-9-11-12-13-14-15-16-17-18-20-22-24-25(26(27)28)23-21-19-10-8-6-4-2;1-3-5-7-9-10-11-12-13-14-15-16-17-19-21-23-26-24(25)22-20-18-8-6-4-2/h25H,3-24H2,1-2H3,(H,27,28);3-23H2,1-2H3. The van der Waals surface area contributed by atoms with Crippen molar-refractivity contribution in [3.8, 4) is 0 Å². The van der Waals surface area contributed by atoms with Crippen molar-refractivity contribution in [2.45, 2.75) is 297 Å². The van der Waals surface area contributed by atoms with Crippen LogP contribution in [0.5, 0.6) is 0 Å². The molecule has 0 radical (unpaired) electrons. The molecule has 0 aliphatic rings. The number of carbonyl (C=O) groups is 2. The first-order valence-corrected chi connectivity index (χ1v) is 24.9. The molecule has 0 aromatic rings. The van der Waals surface area contributed by atoms with Crippen LogP contribution in [0.3, 0.4) is 0 Å². The number of carbonyl (C=O) groups excluding carboxylic acids is 1. The third-order valence-electron chi connectivity index (χ3n) is 11.4. The van der Waals surface area contributed by atoms with E-state index in [9.17, 15) is 14.7 Å². The normalized spacial score (nSPS) is 11.7. The van der Waals surface area contributed by atoms with Gasteiger partial charge in [-0.2, -0.15) is 0 Å². The van der Waals surface area contributed by atoms with Crippen LogP contribution in [0.2, 0.25) is 0 Å². The van der Waals surface area contributed by atoms with Crippen molar-refractivity contribution < 1.29 is 19.4 Å². The van der Waals surface area contributed by atoms with Gasteiger partial charge in [0.2, 0.25) is 0 Å². The molecule has 4 heteroatoms. The highest BCUT2D eigenvalue weighted by Gasteiger charge is 2.16. The zero-order valence-corrected chi connectivity index (χ0v) is 37.7. The summed E-state index contributed by atoms with van der Waals surface area (Å²) in [7, 11) is 0. The first-order valence-electron chi connectivity index (χ1n) is 24.9.